The van der Waals surface area contributed by atoms with Gasteiger partial charge in [0.15, 0.2) is 0 Å². The number of rotatable bonds is 10. The number of aryl methyl sites for hydroxylation is 2. The van der Waals surface area contributed by atoms with Gasteiger partial charge >= 0.3 is 5.97 Å². The molecule has 2 amide bonds. The Kier molecular flexibility index (Phi) is 9.24. The van der Waals surface area contributed by atoms with E-state index in [1.165, 1.54) is 12.0 Å². The number of carbonyl (C=O) groups is 3. The predicted octanol–water partition coefficient (Wildman–Crippen LogP) is 6.04. The average molecular weight is 588 g/mol. The number of hydrogen-bond acceptors (Lipinski definition) is 4. The average Bonchev–Trinajstić information content (AvgIpc) is 3.45. The van der Waals surface area contributed by atoms with Gasteiger partial charge in [0.05, 0.1) is 7.11 Å². The van der Waals surface area contributed by atoms with Crippen molar-refractivity contribution in [3.05, 3.63) is 131 Å². The molecule has 0 aliphatic heterocycles. The largest absolute Gasteiger partial charge is 0.467 e. The van der Waals surface area contributed by atoms with Crippen molar-refractivity contribution in [2.75, 3.05) is 14.2 Å². The van der Waals surface area contributed by atoms with E-state index in [0.717, 1.165) is 44.3 Å². The highest BCUT2D eigenvalue weighted by Crippen LogP contribution is 2.22. The minimum atomic E-state index is -0.945. The Labute approximate surface area is 257 Å². The quantitative estimate of drug-likeness (QED) is 0.195. The standard InChI is InChI=1S/C37H37N3O4/c1-24-18-25(2)20-29(19-24)36(42)40(3)34(21-26-14-16-28(17-15-26)27-10-6-5-7-11-27)35(41)39-33(37(43)44-4)22-30-23-38-32-13-9-8-12-31(30)32/h5-20,23,33-34,38H,21-22H2,1-4H3,(H,39,41)/t33-,34-/m0/s1. The van der Waals surface area contributed by atoms with E-state index < -0.39 is 24.0 Å². The van der Waals surface area contributed by atoms with Crippen molar-refractivity contribution >= 4 is 28.7 Å². The van der Waals surface area contributed by atoms with Crippen LogP contribution in [0.5, 0.6) is 0 Å². The van der Waals surface area contributed by atoms with Crippen molar-refractivity contribution in [1.29, 1.82) is 0 Å². The molecule has 0 aliphatic rings. The van der Waals surface area contributed by atoms with Crippen LogP contribution in [0.15, 0.2) is 103 Å². The molecule has 5 rings (SSSR count). The number of para-hydroxylation sites is 1. The first-order valence-electron chi connectivity index (χ1n) is 14.7. The van der Waals surface area contributed by atoms with Gasteiger partial charge in [-0.1, -0.05) is 90.0 Å². The molecular weight excluding hydrogens is 550 g/mol. The van der Waals surface area contributed by atoms with E-state index >= 15 is 0 Å². The van der Waals surface area contributed by atoms with Gasteiger partial charge in [-0.25, -0.2) is 4.79 Å². The highest BCUT2D eigenvalue weighted by atomic mass is 16.5. The van der Waals surface area contributed by atoms with Gasteiger partial charge in [-0.15, -0.1) is 0 Å². The minimum Gasteiger partial charge on any atom is -0.467 e. The van der Waals surface area contributed by atoms with Crippen LogP contribution in [-0.4, -0.2) is 53.9 Å². The topological polar surface area (TPSA) is 91.5 Å². The number of carbonyl (C=O) groups excluding carboxylic acids is 3. The second kappa shape index (κ2) is 13.4. The zero-order chi connectivity index (χ0) is 31.2. The number of likely N-dealkylation sites (N-methyl/N-ethyl adjacent to an activating group) is 1. The fourth-order valence-electron chi connectivity index (χ4n) is 5.66. The van der Waals surface area contributed by atoms with Crippen molar-refractivity contribution in [3.8, 4) is 11.1 Å². The summed E-state index contributed by atoms with van der Waals surface area (Å²) < 4.78 is 5.09. The molecule has 0 radical (unpaired) electrons. The molecule has 0 bridgehead atoms. The summed E-state index contributed by atoms with van der Waals surface area (Å²) in [5.41, 5.74) is 7.28. The smallest absolute Gasteiger partial charge is 0.328 e. The molecule has 2 atom stereocenters. The summed E-state index contributed by atoms with van der Waals surface area (Å²) >= 11 is 0. The molecule has 5 aromatic rings. The molecule has 224 valence electrons. The zero-order valence-electron chi connectivity index (χ0n) is 25.5. The molecule has 0 saturated heterocycles. The molecule has 0 spiro atoms. The number of amides is 2. The normalized spacial score (nSPS) is 12.4. The van der Waals surface area contributed by atoms with Gasteiger partial charge in [0, 0.05) is 42.6 Å². The molecule has 0 unspecified atom stereocenters. The number of benzene rings is 4. The van der Waals surface area contributed by atoms with Crippen molar-refractivity contribution < 1.29 is 19.1 Å². The Hall–Kier alpha value is -5.17. The SMILES string of the molecule is COC(=O)[C@H](Cc1c[nH]c2ccccc12)NC(=O)[C@H](Cc1ccc(-c2ccccc2)cc1)N(C)C(=O)c1cc(C)cc(C)c1. The maximum atomic E-state index is 14.0. The van der Waals surface area contributed by atoms with Gasteiger partial charge in [-0.05, 0) is 54.3 Å². The van der Waals surface area contributed by atoms with Crippen LogP contribution >= 0.6 is 0 Å². The lowest BCUT2D eigenvalue weighted by atomic mass is 9.98. The second-order valence-corrected chi connectivity index (χ2v) is 11.2. The van der Waals surface area contributed by atoms with E-state index in [-0.39, 0.29) is 18.7 Å². The Morgan fingerprint density at radius 1 is 0.818 bits per heavy atom. The minimum absolute atomic E-state index is 0.232. The van der Waals surface area contributed by atoms with E-state index in [2.05, 4.69) is 10.3 Å². The molecular formula is C37H37N3O4. The Bertz CT molecular complexity index is 1760. The summed E-state index contributed by atoms with van der Waals surface area (Å²) in [7, 11) is 2.94. The van der Waals surface area contributed by atoms with Crippen LogP contribution < -0.4 is 5.32 Å². The monoisotopic (exact) mass is 587 g/mol. The maximum Gasteiger partial charge on any atom is 0.328 e. The fourth-order valence-corrected chi connectivity index (χ4v) is 5.66. The second-order valence-electron chi connectivity index (χ2n) is 11.2. The first-order valence-corrected chi connectivity index (χ1v) is 14.7. The summed E-state index contributed by atoms with van der Waals surface area (Å²) in [6.07, 6.45) is 2.33. The predicted molar refractivity (Wildman–Crippen MR) is 173 cm³/mol. The van der Waals surface area contributed by atoms with E-state index in [4.69, 9.17) is 4.74 Å². The third-order valence-corrected chi connectivity index (χ3v) is 7.95. The van der Waals surface area contributed by atoms with Gasteiger partial charge < -0.3 is 19.9 Å². The number of esters is 1. The summed E-state index contributed by atoms with van der Waals surface area (Å²) in [5, 5.41) is 3.88. The number of ether oxygens (including phenoxy) is 1. The Morgan fingerprint density at radius 3 is 2.14 bits per heavy atom. The molecule has 7 heteroatoms. The van der Waals surface area contributed by atoms with Gasteiger partial charge in [-0.3, -0.25) is 9.59 Å². The van der Waals surface area contributed by atoms with Crippen LogP contribution in [0.3, 0.4) is 0 Å². The van der Waals surface area contributed by atoms with E-state index in [1.54, 1.807) is 7.05 Å². The van der Waals surface area contributed by atoms with Gasteiger partial charge in [0.25, 0.3) is 5.91 Å². The van der Waals surface area contributed by atoms with Crippen molar-refractivity contribution in [3.63, 3.8) is 0 Å². The molecule has 1 heterocycles. The van der Waals surface area contributed by atoms with E-state index in [1.807, 2.05) is 117 Å². The van der Waals surface area contributed by atoms with Gasteiger partial charge in [-0.2, -0.15) is 0 Å². The fraction of sp³-hybridized carbons (Fsp3) is 0.216. The highest BCUT2D eigenvalue weighted by Gasteiger charge is 2.32. The van der Waals surface area contributed by atoms with Gasteiger partial charge in [0.1, 0.15) is 12.1 Å². The molecule has 4 aromatic carbocycles. The van der Waals surface area contributed by atoms with Crippen molar-refractivity contribution in [2.45, 2.75) is 38.8 Å². The molecule has 0 aliphatic carbocycles. The summed E-state index contributed by atoms with van der Waals surface area (Å²) in [5.74, 6) is -1.27. The van der Waals surface area contributed by atoms with E-state index in [0.29, 0.717) is 5.56 Å². The number of nitrogens with one attached hydrogen (secondary N) is 2. The van der Waals surface area contributed by atoms with E-state index in [9.17, 15) is 14.4 Å². The van der Waals surface area contributed by atoms with Gasteiger partial charge in [0.2, 0.25) is 5.91 Å². The number of hydrogen-bond donors (Lipinski definition) is 2. The summed E-state index contributed by atoms with van der Waals surface area (Å²) in [6.45, 7) is 3.88. The van der Waals surface area contributed by atoms with Crippen molar-refractivity contribution in [1.82, 2.24) is 15.2 Å². The molecule has 0 saturated carbocycles. The first kappa shape index (κ1) is 30.3. The number of aromatic amines is 1. The van der Waals surface area contributed by atoms with Crippen LogP contribution in [0.2, 0.25) is 0 Å². The number of methoxy groups -OCH3 is 1. The molecule has 7 nitrogen and oxygen atoms in total. The zero-order valence-corrected chi connectivity index (χ0v) is 25.5. The lowest BCUT2D eigenvalue weighted by Crippen LogP contribution is -2.53. The third-order valence-electron chi connectivity index (χ3n) is 7.95. The molecule has 2 N–H and O–H groups in total. The lowest BCUT2D eigenvalue weighted by molar-refractivity contribution is -0.145. The summed E-state index contributed by atoms with van der Waals surface area (Å²) in [4.78, 5) is 45.4. The number of nitrogens with zero attached hydrogens (tertiary/aromatic N) is 1. The lowest BCUT2D eigenvalue weighted by Gasteiger charge is -2.29. The van der Waals surface area contributed by atoms with Crippen LogP contribution in [0, 0.1) is 13.8 Å². The van der Waals surface area contributed by atoms with Crippen LogP contribution in [-0.2, 0) is 27.2 Å². The molecule has 0 fully saturated rings. The number of aromatic nitrogens is 1. The van der Waals surface area contributed by atoms with Crippen LogP contribution in [0.1, 0.15) is 32.6 Å². The number of fused-ring (bicyclic) bond motifs is 1. The Morgan fingerprint density at radius 2 is 1.45 bits per heavy atom. The third kappa shape index (κ3) is 6.89. The highest BCUT2D eigenvalue weighted by molar-refractivity contribution is 5.98. The van der Waals surface area contributed by atoms with Crippen molar-refractivity contribution in [2.24, 2.45) is 0 Å². The van der Waals surface area contributed by atoms with Crippen LogP contribution in [0.25, 0.3) is 22.0 Å². The maximum absolute atomic E-state index is 14.0. The summed E-state index contributed by atoms with van der Waals surface area (Å²) in [6, 6.07) is 29.6. The molecule has 44 heavy (non-hydrogen) atoms. The number of H-pyrrole nitrogens is 1. The van der Waals surface area contributed by atoms with Crippen LogP contribution in [0.4, 0.5) is 0 Å². The molecule has 1 aromatic heterocycles. The first-order chi connectivity index (χ1) is 21.2. The Balaban J connectivity index is 1.43.